The van der Waals surface area contributed by atoms with E-state index in [4.69, 9.17) is 21.3 Å². The zero-order chi connectivity index (χ0) is 19.1. The summed E-state index contributed by atoms with van der Waals surface area (Å²) in [4.78, 5) is 4.92. The number of aromatic hydroxyl groups is 1. The molecule has 4 aromatic rings. The number of hydrogen-bond acceptors (Lipinski definition) is 3. The Labute approximate surface area is 167 Å². The number of benzene rings is 3. The maximum Gasteiger partial charge on any atom is 0.129 e. The van der Waals surface area contributed by atoms with Crippen molar-refractivity contribution >= 4 is 11.6 Å². The van der Waals surface area contributed by atoms with Crippen molar-refractivity contribution in [3.05, 3.63) is 89.4 Å². The molecule has 0 atom stereocenters. The lowest BCUT2D eigenvalue weighted by Crippen LogP contribution is -2.09. The Hall–Kier alpha value is -3.30. The molecule has 5 rings (SSSR count). The first-order valence-electron chi connectivity index (χ1n) is 9.01. The molecule has 0 fully saturated rings. The van der Waals surface area contributed by atoms with Gasteiger partial charge < -0.3 is 9.84 Å². The highest BCUT2D eigenvalue weighted by Crippen LogP contribution is 2.43. The lowest BCUT2D eigenvalue weighted by atomic mass is 9.92. The molecule has 0 spiro atoms. The van der Waals surface area contributed by atoms with E-state index in [2.05, 4.69) is 0 Å². The summed E-state index contributed by atoms with van der Waals surface area (Å²) in [6.45, 7) is 0.443. The van der Waals surface area contributed by atoms with Crippen molar-refractivity contribution in [1.82, 2.24) is 4.98 Å². The second-order valence-electron chi connectivity index (χ2n) is 6.69. The average Bonchev–Trinajstić information content (AvgIpc) is 2.74. The average molecular weight is 386 g/mol. The van der Waals surface area contributed by atoms with Gasteiger partial charge in [0.25, 0.3) is 0 Å². The first-order chi connectivity index (χ1) is 13.7. The van der Waals surface area contributed by atoms with Gasteiger partial charge in [0.15, 0.2) is 0 Å². The molecule has 28 heavy (non-hydrogen) atoms. The van der Waals surface area contributed by atoms with Crippen LogP contribution in [0.2, 0.25) is 5.02 Å². The second-order valence-corrected chi connectivity index (χ2v) is 7.13. The maximum atomic E-state index is 10.4. The maximum absolute atomic E-state index is 10.4. The standard InChI is InChI=1S/C24H16ClNO2/c25-16-11-9-15(10-12-16)19-13-21(17-5-1-3-7-22(17)27)26-24-18-6-2-4-8-23(18)28-14-20(19)24/h1-13,27H,14H2. The number of ether oxygens (including phenoxy) is 1. The number of rotatable bonds is 2. The van der Waals surface area contributed by atoms with Crippen molar-refractivity contribution < 1.29 is 9.84 Å². The van der Waals surface area contributed by atoms with Crippen LogP contribution in [0, 0.1) is 0 Å². The van der Waals surface area contributed by atoms with Crippen LogP contribution in [0.15, 0.2) is 78.9 Å². The Morgan fingerprint density at radius 3 is 2.32 bits per heavy atom. The summed E-state index contributed by atoms with van der Waals surface area (Å²) in [5, 5.41) is 11.1. The van der Waals surface area contributed by atoms with Gasteiger partial charge in [0.05, 0.1) is 11.4 Å². The summed E-state index contributed by atoms with van der Waals surface area (Å²) < 4.78 is 5.99. The molecule has 0 saturated carbocycles. The quantitative estimate of drug-likeness (QED) is 0.438. The van der Waals surface area contributed by atoms with Crippen LogP contribution in [0.3, 0.4) is 0 Å². The number of pyridine rings is 1. The number of nitrogens with zero attached hydrogens (tertiary/aromatic N) is 1. The van der Waals surface area contributed by atoms with Gasteiger partial charge in [0.1, 0.15) is 18.1 Å². The summed E-state index contributed by atoms with van der Waals surface area (Å²) >= 11 is 6.09. The van der Waals surface area contributed by atoms with Crippen LogP contribution < -0.4 is 4.74 Å². The summed E-state index contributed by atoms with van der Waals surface area (Å²) in [5.41, 5.74) is 6.34. The van der Waals surface area contributed by atoms with Crippen molar-refractivity contribution in [3.8, 4) is 45.1 Å². The first kappa shape index (κ1) is 16.8. The van der Waals surface area contributed by atoms with Gasteiger partial charge in [-0.1, -0.05) is 48.0 Å². The van der Waals surface area contributed by atoms with Crippen LogP contribution >= 0.6 is 11.6 Å². The Morgan fingerprint density at radius 2 is 1.54 bits per heavy atom. The van der Waals surface area contributed by atoms with Gasteiger partial charge in [-0.2, -0.15) is 0 Å². The fraction of sp³-hybridized carbons (Fsp3) is 0.0417. The number of phenolic OH excluding ortho intramolecular Hbond substituents is 1. The molecular weight excluding hydrogens is 370 g/mol. The van der Waals surface area contributed by atoms with Crippen molar-refractivity contribution in [2.24, 2.45) is 0 Å². The monoisotopic (exact) mass is 385 g/mol. The van der Waals surface area contributed by atoms with Gasteiger partial charge in [-0.3, -0.25) is 0 Å². The van der Waals surface area contributed by atoms with Crippen molar-refractivity contribution in [1.29, 1.82) is 0 Å². The molecule has 4 heteroatoms. The van der Waals surface area contributed by atoms with Crippen LogP contribution in [-0.2, 0) is 6.61 Å². The van der Waals surface area contributed by atoms with Crippen LogP contribution in [0.5, 0.6) is 11.5 Å². The minimum atomic E-state index is 0.206. The van der Waals surface area contributed by atoms with E-state index in [-0.39, 0.29) is 5.75 Å². The van der Waals surface area contributed by atoms with Crippen LogP contribution in [0.4, 0.5) is 0 Å². The lowest BCUT2D eigenvalue weighted by molar-refractivity contribution is 0.302. The molecule has 136 valence electrons. The number of halogens is 1. The molecule has 1 N–H and O–H groups in total. The molecule has 3 nitrogen and oxygen atoms in total. The molecule has 2 heterocycles. The van der Waals surface area contributed by atoms with Crippen LogP contribution in [-0.4, -0.2) is 10.1 Å². The highest BCUT2D eigenvalue weighted by atomic mass is 35.5. The van der Waals surface area contributed by atoms with Gasteiger partial charge in [0, 0.05) is 21.7 Å². The van der Waals surface area contributed by atoms with E-state index in [1.54, 1.807) is 12.1 Å². The van der Waals surface area contributed by atoms with E-state index in [1.165, 1.54) is 0 Å². The Morgan fingerprint density at radius 1 is 0.821 bits per heavy atom. The number of phenols is 1. The molecule has 0 unspecified atom stereocenters. The van der Waals surface area contributed by atoms with Crippen LogP contribution in [0.1, 0.15) is 5.56 Å². The van der Waals surface area contributed by atoms with E-state index >= 15 is 0 Å². The fourth-order valence-corrected chi connectivity index (χ4v) is 3.72. The van der Waals surface area contributed by atoms with E-state index in [1.807, 2.05) is 66.7 Å². The van der Waals surface area contributed by atoms with Gasteiger partial charge in [0.2, 0.25) is 0 Å². The van der Waals surface area contributed by atoms with Crippen molar-refractivity contribution in [3.63, 3.8) is 0 Å². The van der Waals surface area contributed by atoms with Gasteiger partial charge in [-0.05, 0) is 53.6 Å². The molecule has 3 aromatic carbocycles. The molecule has 1 aliphatic heterocycles. The third-order valence-electron chi connectivity index (χ3n) is 4.97. The van der Waals surface area contributed by atoms with E-state index < -0.39 is 0 Å². The summed E-state index contributed by atoms with van der Waals surface area (Å²) in [7, 11) is 0. The molecular formula is C24H16ClNO2. The Balaban J connectivity index is 1.81. The zero-order valence-electron chi connectivity index (χ0n) is 14.9. The third kappa shape index (κ3) is 2.81. The predicted octanol–water partition coefficient (Wildman–Crippen LogP) is 6.33. The molecule has 1 aromatic heterocycles. The topological polar surface area (TPSA) is 42.4 Å². The van der Waals surface area contributed by atoms with Crippen molar-refractivity contribution in [2.75, 3.05) is 0 Å². The van der Waals surface area contributed by atoms with Crippen LogP contribution in [0.25, 0.3) is 33.6 Å². The highest BCUT2D eigenvalue weighted by molar-refractivity contribution is 6.30. The van der Waals surface area contributed by atoms with Crippen molar-refractivity contribution in [2.45, 2.75) is 6.61 Å². The number of fused-ring (bicyclic) bond motifs is 3. The summed E-state index contributed by atoms with van der Waals surface area (Å²) in [6, 6.07) is 24.9. The third-order valence-corrected chi connectivity index (χ3v) is 5.23. The number of hydrogen-bond donors (Lipinski definition) is 1. The Bertz CT molecular complexity index is 1190. The highest BCUT2D eigenvalue weighted by Gasteiger charge is 2.23. The summed E-state index contributed by atoms with van der Waals surface area (Å²) in [6.07, 6.45) is 0. The van der Waals surface area contributed by atoms with Gasteiger partial charge >= 0.3 is 0 Å². The smallest absolute Gasteiger partial charge is 0.129 e. The molecule has 0 amide bonds. The molecule has 0 radical (unpaired) electrons. The van der Waals surface area contributed by atoms with E-state index in [9.17, 15) is 5.11 Å². The zero-order valence-corrected chi connectivity index (χ0v) is 15.6. The Kier molecular flexibility index (Phi) is 4.03. The molecule has 0 saturated heterocycles. The normalized spacial score (nSPS) is 12.0. The minimum Gasteiger partial charge on any atom is -0.507 e. The first-order valence-corrected chi connectivity index (χ1v) is 9.39. The lowest BCUT2D eigenvalue weighted by Gasteiger charge is -2.23. The molecule has 0 aliphatic carbocycles. The number of para-hydroxylation sites is 2. The fourth-order valence-electron chi connectivity index (χ4n) is 3.59. The summed E-state index contributed by atoms with van der Waals surface area (Å²) in [5.74, 6) is 1.02. The van der Waals surface area contributed by atoms with E-state index in [0.717, 1.165) is 39.4 Å². The SMILES string of the molecule is Oc1ccccc1-c1cc(-c2ccc(Cl)cc2)c2c(n1)-c1ccccc1OC2. The minimum absolute atomic E-state index is 0.206. The largest absolute Gasteiger partial charge is 0.507 e. The van der Waals surface area contributed by atoms with E-state index in [0.29, 0.717) is 17.2 Å². The van der Waals surface area contributed by atoms with Gasteiger partial charge in [-0.25, -0.2) is 4.98 Å². The molecule has 0 bridgehead atoms. The predicted molar refractivity (Wildman–Crippen MR) is 112 cm³/mol. The molecule has 1 aliphatic rings. The van der Waals surface area contributed by atoms with Gasteiger partial charge in [-0.15, -0.1) is 0 Å². The number of aromatic nitrogens is 1. The second kappa shape index (κ2) is 6.70.